The van der Waals surface area contributed by atoms with Gasteiger partial charge in [-0.2, -0.15) is 5.26 Å². The van der Waals surface area contributed by atoms with Gasteiger partial charge in [0.05, 0.1) is 18.0 Å². The van der Waals surface area contributed by atoms with Crippen molar-refractivity contribution in [2.75, 3.05) is 5.32 Å². The number of imidazole rings is 1. The van der Waals surface area contributed by atoms with Crippen LogP contribution < -0.4 is 5.32 Å². The Morgan fingerprint density at radius 1 is 1.22 bits per heavy atom. The molecule has 1 aromatic heterocycles. The molecule has 1 unspecified atom stereocenters. The highest BCUT2D eigenvalue weighted by Gasteiger charge is 2.31. The number of nitrogens with one attached hydrogen (secondary N) is 1. The zero-order chi connectivity index (χ0) is 26.1. The molecular weight excluding hydrogens is 444 g/mol. The number of carbonyl (C=O) groups is 1. The second-order valence-electron chi connectivity index (χ2n) is 10.1. The highest BCUT2D eigenvalue weighted by atomic mass is 16.1. The Hall–Kier alpha value is -3.91. The SMILES string of the molecule is CC(C=CC1=C(C)C(Cn2ccnc2)CCC1(C)C)=CC=CC(C)=CC(=O)Nc1ccc(C#N)cc1. The van der Waals surface area contributed by atoms with Crippen molar-refractivity contribution in [1.82, 2.24) is 9.55 Å². The van der Waals surface area contributed by atoms with Crippen LogP contribution in [0.15, 0.2) is 102 Å². The number of amides is 1. The largest absolute Gasteiger partial charge is 0.337 e. The Balaban J connectivity index is 1.62. The Kier molecular flexibility index (Phi) is 9.02. The molecule has 2 aromatic rings. The molecule has 1 N–H and O–H groups in total. The molecule has 0 spiro atoms. The van der Waals surface area contributed by atoms with Gasteiger partial charge in [0, 0.05) is 30.7 Å². The van der Waals surface area contributed by atoms with Gasteiger partial charge in [0.1, 0.15) is 0 Å². The van der Waals surface area contributed by atoms with Gasteiger partial charge in [-0.1, -0.05) is 55.4 Å². The van der Waals surface area contributed by atoms with Crippen LogP contribution in [0.1, 0.15) is 53.0 Å². The van der Waals surface area contributed by atoms with Gasteiger partial charge in [-0.15, -0.1) is 0 Å². The van der Waals surface area contributed by atoms with Gasteiger partial charge < -0.3 is 9.88 Å². The number of aromatic nitrogens is 2. The second-order valence-corrected chi connectivity index (χ2v) is 10.1. The molecule has 0 radical (unpaired) electrons. The first kappa shape index (κ1) is 26.7. The molecule has 0 fully saturated rings. The fraction of sp³-hybridized carbons (Fsp3) is 0.323. The summed E-state index contributed by atoms with van der Waals surface area (Å²) in [6, 6.07) is 8.87. The van der Waals surface area contributed by atoms with Crippen LogP contribution >= 0.6 is 0 Å². The normalized spacial score (nSPS) is 18.6. The van der Waals surface area contributed by atoms with E-state index in [9.17, 15) is 4.79 Å². The third-order valence-corrected chi connectivity index (χ3v) is 6.75. The lowest BCUT2D eigenvalue weighted by atomic mass is 9.68. The van der Waals surface area contributed by atoms with Crippen molar-refractivity contribution in [3.8, 4) is 6.07 Å². The smallest absolute Gasteiger partial charge is 0.248 e. The third-order valence-electron chi connectivity index (χ3n) is 6.75. The molecule has 0 saturated carbocycles. The molecule has 36 heavy (non-hydrogen) atoms. The quantitative estimate of drug-likeness (QED) is 0.322. The van der Waals surface area contributed by atoms with Crippen molar-refractivity contribution in [2.24, 2.45) is 11.3 Å². The van der Waals surface area contributed by atoms with Gasteiger partial charge in [-0.3, -0.25) is 4.79 Å². The first-order chi connectivity index (χ1) is 17.2. The number of allylic oxidation sites excluding steroid dienone is 9. The molecule has 1 amide bonds. The van der Waals surface area contributed by atoms with E-state index in [1.165, 1.54) is 24.0 Å². The summed E-state index contributed by atoms with van der Waals surface area (Å²) in [6.45, 7) is 11.9. The molecule has 1 aliphatic rings. The van der Waals surface area contributed by atoms with Gasteiger partial charge in [-0.25, -0.2) is 4.98 Å². The molecule has 1 aromatic carbocycles. The minimum atomic E-state index is -0.199. The van der Waals surface area contributed by atoms with E-state index in [1.54, 1.807) is 30.3 Å². The van der Waals surface area contributed by atoms with Gasteiger partial charge in [-0.05, 0) is 80.4 Å². The maximum atomic E-state index is 12.2. The van der Waals surface area contributed by atoms with Crippen LogP contribution in [0.3, 0.4) is 0 Å². The summed E-state index contributed by atoms with van der Waals surface area (Å²) in [7, 11) is 0. The van der Waals surface area contributed by atoms with Crippen molar-refractivity contribution < 1.29 is 4.79 Å². The van der Waals surface area contributed by atoms with E-state index >= 15 is 0 Å². The Labute approximate surface area is 215 Å². The maximum absolute atomic E-state index is 12.2. The van der Waals surface area contributed by atoms with Crippen molar-refractivity contribution in [2.45, 2.75) is 54.0 Å². The lowest BCUT2D eigenvalue weighted by Crippen LogP contribution is -2.26. The predicted octanol–water partition coefficient (Wildman–Crippen LogP) is 7.15. The van der Waals surface area contributed by atoms with Crippen molar-refractivity contribution in [3.63, 3.8) is 0 Å². The number of carbonyl (C=O) groups excluding carboxylic acids is 1. The Morgan fingerprint density at radius 2 is 1.97 bits per heavy atom. The molecule has 1 aliphatic carbocycles. The van der Waals surface area contributed by atoms with Gasteiger partial charge >= 0.3 is 0 Å². The summed E-state index contributed by atoms with van der Waals surface area (Å²) in [6.07, 6.45) is 20.1. The van der Waals surface area contributed by atoms with E-state index in [0.29, 0.717) is 17.2 Å². The minimum Gasteiger partial charge on any atom is -0.337 e. The molecule has 5 nitrogen and oxygen atoms in total. The van der Waals surface area contributed by atoms with Crippen LogP contribution in [-0.4, -0.2) is 15.5 Å². The molecule has 0 bridgehead atoms. The zero-order valence-electron chi connectivity index (χ0n) is 22.0. The van der Waals surface area contributed by atoms with E-state index in [2.05, 4.69) is 66.9 Å². The van der Waals surface area contributed by atoms with Gasteiger partial charge in [0.2, 0.25) is 5.91 Å². The van der Waals surface area contributed by atoms with Crippen molar-refractivity contribution in [1.29, 1.82) is 5.26 Å². The predicted molar refractivity (Wildman–Crippen MR) is 147 cm³/mol. The Morgan fingerprint density at radius 3 is 2.64 bits per heavy atom. The van der Waals surface area contributed by atoms with E-state index in [4.69, 9.17) is 5.26 Å². The summed E-state index contributed by atoms with van der Waals surface area (Å²) >= 11 is 0. The third kappa shape index (κ3) is 7.55. The molecule has 3 rings (SSSR count). The van der Waals surface area contributed by atoms with Crippen LogP contribution in [0.4, 0.5) is 5.69 Å². The highest BCUT2D eigenvalue weighted by Crippen LogP contribution is 2.44. The molecular formula is C31H36N4O. The zero-order valence-corrected chi connectivity index (χ0v) is 22.0. The van der Waals surface area contributed by atoms with Crippen LogP contribution in [0.25, 0.3) is 0 Å². The van der Waals surface area contributed by atoms with E-state index < -0.39 is 0 Å². The number of nitrogens with zero attached hydrogens (tertiary/aromatic N) is 3. The first-order valence-corrected chi connectivity index (χ1v) is 12.4. The number of hydrogen-bond donors (Lipinski definition) is 1. The fourth-order valence-electron chi connectivity index (χ4n) is 4.56. The summed E-state index contributed by atoms with van der Waals surface area (Å²) < 4.78 is 2.17. The van der Waals surface area contributed by atoms with Crippen LogP contribution in [0, 0.1) is 22.7 Å². The topological polar surface area (TPSA) is 70.7 Å². The van der Waals surface area contributed by atoms with Gasteiger partial charge in [0.25, 0.3) is 0 Å². The second kappa shape index (κ2) is 12.2. The number of anilines is 1. The first-order valence-electron chi connectivity index (χ1n) is 12.4. The highest BCUT2D eigenvalue weighted by molar-refractivity contribution is 6.00. The monoisotopic (exact) mass is 480 g/mol. The van der Waals surface area contributed by atoms with E-state index in [0.717, 1.165) is 17.7 Å². The Bertz CT molecular complexity index is 1250. The van der Waals surface area contributed by atoms with Crippen LogP contribution in [0.2, 0.25) is 0 Å². The molecule has 186 valence electrons. The van der Waals surface area contributed by atoms with Gasteiger partial charge in [0.15, 0.2) is 0 Å². The maximum Gasteiger partial charge on any atom is 0.248 e. The standard InChI is InChI=1S/C31H36N4O/c1-23(7-6-8-24(2)19-30(36)34-28-12-10-26(20-32)11-13-28)9-14-29-25(3)27(15-16-31(29,4)5)21-35-18-17-33-22-35/h6-14,17-19,22,27H,15-16,21H2,1-5H3,(H,34,36). The average molecular weight is 481 g/mol. The molecule has 1 heterocycles. The molecule has 0 aliphatic heterocycles. The summed E-state index contributed by atoms with van der Waals surface area (Å²) in [5.41, 5.74) is 6.27. The van der Waals surface area contributed by atoms with Crippen molar-refractivity contribution >= 4 is 11.6 Å². The lowest BCUT2D eigenvalue weighted by molar-refractivity contribution is -0.111. The van der Waals surface area contributed by atoms with E-state index in [-0.39, 0.29) is 11.3 Å². The number of nitriles is 1. The van der Waals surface area contributed by atoms with Crippen LogP contribution in [-0.2, 0) is 11.3 Å². The fourth-order valence-corrected chi connectivity index (χ4v) is 4.56. The lowest BCUT2D eigenvalue weighted by Gasteiger charge is -2.37. The molecule has 1 atom stereocenters. The van der Waals surface area contributed by atoms with Crippen LogP contribution in [0.5, 0.6) is 0 Å². The average Bonchev–Trinajstić information content (AvgIpc) is 3.34. The summed E-state index contributed by atoms with van der Waals surface area (Å²) in [5, 5.41) is 11.7. The number of hydrogen-bond acceptors (Lipinski definition) is 3. The summed E-state index contributed by atoms with van der Waals surface area (Å²) in [4.78, 5) is 16.4. The molecule has 0 saturated heterocycles. The van der Waals surface area contributed by atoms with Crippen molar-refractivity contribution in [3.05, 3.63) is 107 Å². The number of benzene rings is 1. The minimum absolute atomic E-state index is 0.157. The molecule has 5 heteroatoms. The number of rotatable bonds is 8. The summed E-state index contributed by atoms with van der Waals surface area (Å²) in [5.74, 6) is 0.328. The van der Waals surface area contributed by atoms with E-state index in [1.807, 2.05) is 37.8 Å².